The number of anilines is 1. The number of halogens is 1. The minimum Gasteiger partial charge on any atom is -0.374 e. The molecule has 0 amide bonds. The van der Waals surface area contributed by atoms with Crippen LogP contribution in [0.2, 0.25) is 0 Å². The number of nitrogens with zero attached hydrogens (tertiary/aromatic N) is 3. The van der Waals surface area contributed by atoms with Crippen molar-refractivity contribution in [1.82, 2.24) is 25.1 Å². The molecule has 0 aliphatic rings. The van der Waals surface area contributed by atoms with Crippen molar-refractivity contribution in [2.45, 2.75) is 26.0 Å². The highest BCUT2D eigenvalue weighted by Gasteiger charge is 2.16. The SMILES string of the molecule is CCCC(O)Nc1cncc(-c2ccc3[nH]nc(-c4cc5c(-c6ccccc6F)nccc5[nH]4)c3c2)c1. The fourth-order valence-corrected chi connectivity index (χ4v) is 4.66. The van der Waals surface area contributed by atoms with Gasteiger partial charge in [0.2, 0.25) is 0 Å². The van der Waals surface area contributed by atoms with E-state index in [9.17, 15) is 9.50 Å². The van der Waals surface area contributed by atoms with Gasteiger partial charge in [-0.3, -0.25) is 15.1 Å². The summed E-state index contributed by atoms with van der Waals surface area (Å²) in [6.45, 7) is 2.03. The first-order valence-electron chi connectivity index (χ1n) is 12.2. The van der Waals surface area contributed by atoms with E-state index in [2.05, 4.69) is 36.5 Å². The van der Waals surface area contributed by atoms with Crippen LogP contribution in [0.5, 0.6) is 0 Å². The second-order valence-corrected chi connectivity index (χ2v) is 9.03. The molecule has 7 nitrogen and oxygen atoms in total. The predicted molar refractivity (Wildman–Crippen MR) is 144 cm³/mol. The zero-order valence-corrected chi connectivity index (χ0v) is 20.2. The van der Waals surface area contributed by atoms with Gasteiger partial charge >= 0.3 is 0 Å². The van der Waals surface area contributed by atoms with Gasteiger partial charge in [-0.1, -0.05) is 31.5 Å². The molecule has 0 saturated heterocycles. The lowest BCUT2D eigenvalue weighted by Gasteiger charge is -2.13. The third kappa shape index (κ3) is 4.32. The van der Waals surface area contributed by atoms with Crippen LogP contribution in [0, 0.1) is 5.82 Å². The van der Waals surface area contributed by atoms with Crippen LogP contribution in [0.4, 0.5) is 10.1 Å². The number of hydrogen-bond acceptors (Lipinski definition) is 5. The van der Waals surface area contributed by atoms with Gasteiger partial charge < -0.3 is 15.4 Å². The number of fused-ring (bicyclic) bond motifs is 2. The van der Waals surface area contributed by atoms with Gasteiger partial charge in [-0.15, -0.1) is 0 Å². The molecule has 4 heterocycles. The van der Waals surface area contributed by atoms with Crippen LogP contribution in [0.25, 0.3) is 55.6 Å². The second kappa shape index (κ2) is 9.48. The van der Waals surface area contributed by atoms with E-state index in [1.807, 2.05) is 37.3 Å². The van der Waals surface area contributed by atoms with Gasteiger partial charge in [0.1, 0.15) is 17.7 Å². The summed E-state index contributed by atoms with van der Waals surface area (Å²) in [5, 5.41) is 22.7. The van der Waals surface area contributed by atoms with E-state index in [1.54, 1.807) is 36.8 Å². The number of nitrogens with one attached hydrogen (secondary N) is 3. The Balaban J connectivity index is 1.41. The van der Waals surface area contributed by atoms with Crippen LogP contribution < -0.4 is 5.32 Å². The lowest BCUT2D eigenvalue weighted by molar-refractivity contribution is 0.192. The molecule has 0 saturated carbocycles. The maximum absolute atomic E-state index is 14.5. The standard InChI is InChI=1S/C29H25FN6O/c1-2-5-27(37)33-19-12-18(15-31-16-19)17-8-9-25-21(13-17)29(36-35-25)26-14-22-24(34-26)10-11-32-28(22)20-6-3-4-7-23(20)30/h3-4,6-16,27,33-34,37H,2,5H2,1H3,(H,35,36). The van der Waals surface area contributed by atoms with Gasteiger partial charge in [-0.25, -0.2) is 4.39 Å². The van der Waals surface area contributed by atoms with Crippen molar-refractivity contribution >= 4 is 27.5 Å². The van der Waals surface area contributed by atoms with Gasteiger partial charge in [0.05, 0.1) is 28.8 Å². The predicted octanol–water partition coefficient (Wildman–Crippen LogP) is 6.50. The fourth-order valence-electron chi connectivity index (χ4n) is 4.66. The Kier molecular flexibility index (Phi) is 5.86. The lowest BCUT2D eigenvalue weighted by atomic mass is 10.0. The summed E-state index contributed by atoms with van der Waals surface area (Å²) in [5.41, 5.74) is 7.00. The van der Waals surface area contributed by atoms with E-state index in [4.69, 9.17) is 0 Å². The Morgan fingerprint density at radius 2 is 1.81 bits per heavy atom. The molecule has 0 aliphatic carbocycles. The van der Waals surface area contributed by atoms with E-state index in [1.165, 1.54) is 6.07 Å². The molecule has 6 aromatic rings. The van der Waals surface area contributed by atoms with E-state index < -0.39 is 6.23 Å². The van der Waals surface area contributed by atoms with Gasteiger partial charge in [-0.2, -0.15) is 5.10 Å². The quantitative estimate of drug-likeness (QED) is 0.190. The molecule has 4 aromatic heterocycles. The monoisotopic (exact) mass is 492 g/mol. The van der Waals surface area contributed by atoms with Crippen LogP contribution in [-0.2, 0) is 0 Å². The van der Waals surface area contributed by atoms with Crippen molar-refractivity contribution < 1.29 is 9.50 Å². The smallest absolute Gasteiger partial charge is 0.132 e. The summed E-state index contributed by atoms with van der Waals surface area (Å²) in [6.07, 6.45) is 6.11. The highest BCUT2D eigenvalue weighted by molar-refractivity contribution is 6.00. The molecule has 1 unspecified atom stereocenters. The van der Waals surface area contributed by atoms with Crippen molar-refractivity contribution in [1.29, 1.82) is 0 Å². The fraction of sp³-hybridized carbons (Fsp3) is 0.138. The first-order valence-corrected chi connectivity index (χ1v) is 12.2. The van der Waals surface area contributed by atoms with Gasteiger partial charge in [0.15, 0.2) is 0 Å². The Morgan fingerprint density at radius 3 is 2.68 bits per heavy atom. The molecule has 2 aromatic carbocycles. The van der Waals surface area contributed by atoms with Crippen molar-refractivity contribution in [3.63, 3.8) is 0 Å². The number of rotatable bonds is 7. The number of aliphatic hydroxyl groups excluding tert-OH is 1. The average molecular weight is 493 g/mol. The van der Waals surface area contributed by atoms with E-state index >= 15 is 0 Å². The number of hydrogen-bond donors (Lipinski definition) is 4. The number of pyridine rings is 2. The molecule has 8 heteroatoms. The molecule has 37 heavy (non-hydrogen) atoms. The third-order valence-electron chi connectivity index (χ3n) is 6.46. The highest BCUT2D eigenvalue weighted by atomic mass is 19.1. The Morgan fingerprint density at radius 1 is 0.946 bits per heavy atom. The van der Waals surface area contributed by atoms with Crippen LogP contribution in [0.15, 0.2) is 79.3 Å². The summed E-state index contributed by atoms with van der Waals surface area (Å²) < 4.78 is 14.5. The number of aromatic nitrogens is 5. The summed E-state index contributed by atoms with van der Waals surface area (Å²) in [5.74, 6) is -0.312. The third-order valence-corrected chi connectivity index (χ3v) is 6.46. The van der Waals surface area contributed by atoms with Crippen LogP contribution in [0.3, 0.4) is 0 Å². The molecule has 184 valence electrons. The molecule has 6 rings (SSSR count). The zero-order valence-electron chi connectivity index (χ0n) is 20.2. The molecule has 0 bridgehead atoms. The summed E-state index contributed by atoms with van der Waals surface area (Å²) >= 11 is 0. The van der Waals surface area contributed by atoms with Crippen LogP contribution >= 0.6 is 0 Å². The summed E-state index contributed by atoms with van der Waals surface area (Å²) in [6, 6.07) is 18.5. The molecule has 1 atom stereocenters. The summed E-state index contributed by atoms with van der Waals surface area (Å²) in [7, 11) is 0. The van der Waals surface area contributed by atoms with Gasteiger partial charge in [0.25, 0.3) is 0 Å². The minimum atomic E-state index is -0.615. The second-order valence-electron chi connectivity index (χ2n) is 9.03. The molecule has 0 aliphatic heterocycles. The first kappa shape index (κ1) is 22.9. The number of aromatic amines is 2. The Bertz CT molecular complexity index is 1720. The molecular formula is C29H25FN6O. The lowest BCUT2D eigenvalue weighted by Crippen LogP contribution is -2.18. The van der Waals surface area contributed by atoms with Crippen LogP contribution in [0.1, 0.15) is 19.8 Å². The molecule has 0 radical (unpaired) electrons. The maximum atomic E-state index is 14.5. The number of aliphatic hydroxyl groups is 1. The van der Waals surface area contributed by atoms with E-state index in [-0.39, 0.29) is 5.82 Å². The molecular weight excluding hydrogens is 467 g/mol. The van der Waals surface area contributed by atoms with Crippen molar-refractivity contribution in [3.05, 3.63) is 85.1 Å². The van der Waals surface area contributed by atoms with Gasteiger partial charge in [0, 0.05) is 39.8 Å². The number of benzene rings is 2. The maximum Gasteiger partial charge on any atom is 0.132 e. The topological polar surface area (TPSA) is 103 Å². The first-order chi connectivity index (χ1) is 18.1. The van der Waals surface area contributed by atoms with E-state index in [0.717, 1.165) is 56.4 Å². The average Bonchev–Trinajstić information content (AvgIpc) is 3.53. The molecule has 0 spiro atoms. The van der Waals surface area contributed by atoms with Crippen LogP contribution in [-0.4, -0.2) is 36.5 Å². The van der Waals surface area contributed by atoms with Gasteiger partial charge in [-0.05, 0) is 54.4 Å². The largest absolute Gasteiger partial charge is 0.374 e. The van der Waals surface area contributed by atoms with Crippen molar-refractivity contribution in [3.8, 4) is 33.8 Å². The van der Waals surface area contributed by atoms with Crippen molar-refractivity contribution in [2.75, 3.05) is 5.32 Å². The highest BCUT2D eigenvalue weighted by Crippen LogP contribution is 2.35. The molecule has 4 N–H and O–H groups in total. The Labute approximate surface area is 212 Å². The summed E-state index contributed by atoms with van der Waals surface area (Å²) in [4.78, 5) is 12.3. The van der Waals surface area contributed by atoms with Crippen molar-refractivity contribution in [2.24, 2.45) is 0 Å². The van der Waals surface area contributed by atoms with E-state index in [0.29, 0.717) is 17.7 Å². The Hall–Kier alpha value is -4.56. The molecule has 0 fully saturated rings. The minimum absolute atomic E-state index is 0.312. The zero-order chi connectivity index (χ0) is 25.4. The normalized spacial score (nSPS) is 12.3. The number of H-pyrrole nitrogens is 2.